The van der Waals surface area contributed by atoms with Crippen LogP contribution < -0.4 is 16.8 Å². The molecule has 1 fully saturated rings. The molecule has 1 saturated heterocycles. The highest BCUT2D eigenvalue weighted by Gasteiger charge is 1.91. The van der Waals surface area contributed by atoms with Crippen molar-refractivity contribution in [2.45, 2.75) is 0 Å². The zero-order chi connectivity index (χ0) is 6.95. The standard InChI is InChI=1S/C4H10N2.CH2O2.H3N/c1-2-6-4-3-5-1;2-1-3;/h5-6H,1-4H2;1H,(H,2,3);1H3. The summed E-state index contributed by atoms with van der Waals surface area (Å²) in [6.07, 6.45) is 0. The van der Waals surface area contributed by atoms with Crippen LogP contribution in [0.4, 0.5) is 0 Å². The molecule has 5 nitrogen and oxygen atoms in total. The average molecular weight is 149 g/mol. The van der Waals surface area contributed by atoms with E-state index in [1.165, 1.54) is 0 Å². The number of piperazine rings is 1. The molecule has 0 aromatic rings. The predicted octanol–water partition coefficient (Wildman–Crippen LogP) is -0.958. The number of nitrogens with one attached hydrogen (secondary N) is 2. The van der Waals surface area contributed by atoms with E-state index in [-0.39, 0.29) is 12.6 Å². The fourth-order valence-corrected chi connectivity index (χ4v) is 0.604. The molecule has 6 N–H and O–H groups in total. The molecule has 0 radical (unpaired) electrons. The Kier molecular flexibility index (Phi) is 13.5. The summed E-state index contributed by atoms with van der Waals surface area (Å²) < 4.78 is 0. The topological polar surface area (TPSA) is 96.4 Å². The Morgan fingerprint density at radius 3 is 1.40 bits per heavy atom. The van der Waals surface area contributed by atoms with Crippen LogP contribution in [0.3, 0.4) is 0 Å². The second-order valence-corrected chi connectivity index (χ2v) is 1.61. The van der Waals surface area contributed by atoms with Crippen LogP contribution in [0.15, 0.2) is 0 Å². The summed E-state index contributed by atoms with van der Waals surface area (Å²) >= 11 is 0. The van der Waals surface area contributed by atoms with Crippen LogP contribution in [-0.4, -0.2) is 37.8 Å². The van der Waals surface area contributed by atoms with Crippen molar-refractivity contribution in [2.24, 2.45) is 0 Å². The molecule has 1 aliphatic heterocycles. The molecule has 0 aromatic heterocycles. The molecule has 0 amide bonds. The highest BCUT2D eigenvalue weighted by molar-refractivity contribution is 5.32. The van der Waals surface area contributed by atoms with Crippen LogP contribution in [0.1, 0.15) is 0 Å². The fraction of sp³-hybridized carbons (Fsp3) is 0.800. The molecule has 0 aliphatic carbocycles. The van der Waals surface area contributed by atoms with Gasteiger partial charge in [0.2, 0.25) is 0 Å². The monoisotopic (exact) mass is 149 g/mol. The van der Waals surface area contributed by atoms with Gasteiger partial charge in [0.25, 0.3) is 6.47 Å². The third kappa shape index (κ3) is 10.4. The Hall–Kier alpha value is -0.650. The van der Waals surface area contributed by atoms with Crippen molar-refractivity contribution in [1.29, 1.82) is 0 Å². The van der Waals surface area contributed by atoms with Gasteiger partial charge in [0.1, 0.15) is 0 Å². The van der Waals surface area contributed by atoms with Crippen molar-refractivity contribution in [1.82, 2.24) is 16.8 Å². The van der Waals surface area contributed by atoms with Crippen molar-refractivity contribution < 1.29 is 9.90 Å². The van der Waals surface area contributed by atoms with E-state index in [2.05, 4.69) is 10.6 Å². The van der Waals surface area contributed by atoms with Gasteiger partial charge < -0.3 is 21.9 Å². The smallest absolute Gasteiger partial charge is 0.290 e. The van der Waals surface area contributed by atoms with E-state index < -0.39 is 0 Å². The van der Waals surface area contributed by atoms with E-state index >= 15 is 0 Å². The van der Waals surface area contributed by atoms with Gasteiger partial charge in [-0.15, -0.1) is 0 Å². The van der Waals surface area contributed by atoms with Gasteiger partial charge >= 0.3 is 0 Å². The lowest BCUT2D eigenvalue weighted by molar-refractivity contribution is -0.122. The zero-order valence-corrected chi connectivity index (χ0v) is 5.97. The number of hydrogen-bond acceptors (Lipinski definition) is 4. The van der Waals surface area contributed by atoms with Crippen LogP contribution in [0, 0.1) is 0 Å². The normalized spacial score (nSPS) is 15.6. The van der Waals surface area contributed by atoms with Gasteiger partial charge in [-0.3, -0.25) is 4.79 Å². The minimum Gasteiger partial charge on any atom is -0.483 e. The second kappa shape index (κ2) is 11.2. The Morgan fingerprint density at radius 2 is 1.30 bits per heavy atom. The minimum atomic E-state index is -0.250. The highest BCUT2D eigenvalue weighted by atomic mass is 16.3. The highest BCUT2D eigenvalue weighted by Crippen LogP contribution is 1.65. The van der Waals surface area contributed by atoms with Crippen LogP contribution in [-0.2, 0) is 4.79 Å². The molecule has 0 unspecified atom stereocenters. The summed E-state index contributed by atoms with van der Waals surface area (Å²) in [5, 5.41) is 13.3. The minimum absolute atomic E-state index is 0. The molecule has 0 spiro atoms. The van der Waals surface area contributed by atoms with Crippen molar-refractivity contribution in [2.75, 3.05) is 26.2 Å². The molecule has 0 aromatic carbocycles. The van der Waals surface area contributed by atoms with Crippen LogP contribution in [0.5, 0.6) is 0 Å². The third-order valence-corrected chi connectivity index (χ3v) is 0.957. The van der Waals surface area contributed by atoms with Crippen LogP contribution >= 0.6 is 0 Å². The van der Waals surface area contributed by atoms with Gasteiger partial charge in [-0.1, -0.05) is 0 Å². The lowest BCUT2D eigenvalue weighted by Gasteiger charge is -2.11. The summed E-state index contributed by atoms with van der Waals surface area (Å²) in [6.45, 7) is 4.31. The first-order valence-electron chi connectivity index (χ1n) is 2.91. The molecule has 62 valence electrons. The first-order valence-corrected chi connectivity index (χ1v) is 2.91. The van der Waals surface area contributed by atoms with Crippen molar-refractivity contribution in [3.8, 4) is 0 Å². The molecule has 10 heavy (non-hydrogen) atoms. The Bertz CT molecular complexity index is 54.4. The zero-order valence-electron chi connectivity index (χ0n) is 5.97. The fourth-order valence-electron chi connectivity index (χ4n) is 0.604. The van der Waals surface area contributed by atoms with Crippen LogP contribution in [0.2, 0.25) is 0 Å². The average Bonchev–Trinajstić information content (AvgIpc) is 1.93. The maximum Gasteiger partial charge on any atom is 0.290 e. The molecule has 1 aliphatic rings. The van der Waals surface area contributed by atoms with Crippen molar-refractivity contribution in [3.63, 3.8) is 0 Å². The molecule has 5 heteroatoms. The number of rotatable bonds is 0. The molecule has 1 rings (SSSR count). The molecule has 0 bridgehead atoms. The number of hydrogen-bond donors (Lipinski definition) is 4. The van der Waals surface area contributed by atoms with Gasteiger partial charge in [0.15, 0.2) is 0 Å². The van der Waals surface area contributed by atoms with Gasteiger partial charge in [-0.2, -0.15) is 0 Å². The molecular formula is C5H15N3O2. The quantitative estimate of drug-likeness (QED) is 0.333. The lowest BCUT2D eigenvalue weighted by atomic mass is 10.4. The number of carboxylic acid groups (broad SMARTS) is 1. The predicted molar refractivity (Wildman–Crippen MR) is 39.5 cm³/mol. The van der Waals surface area contributed by atoms with Gasteiger partial charge in [-0.05, 0) is 0 Å². The summed E-state index contributed by atoms with van der Waals surface area (Å²) in [5.41, 5.74) is 0. The maximum absolute atomic E-state index is 8.36. The molecular weight excluding hydrogens is 134 g/mol. The van der Waals surface area contributed by atoms with Gasteiger partial charge in [0.05, 0.1) is 0 Å². The van der Waals surface area contributed by atoms with E-state index in [4.69, 9.17) is 9.90 Å². The number of carbonyl (C=O) groups is 1. The first-order chi connectivity index (χ1) is 4.41. The molecule has 0 saturated carbocycles. The summed E-state index contributed by atoms with van der Waals surface area (Å²) in [5.74, 6) is 0. The lowest BCUT2D eigenvalue weighted by Crippen LogP contribution is -2.39. The van der Waals surface area contributed by atoms with E-state index in [1.807, 2.05) is 0 Å². The van der Waals surface area contributed by atoms with Crippen LogP contribution in [0.25, 0.3) is 0 Å². The van der Waals surface area contributed by atoms with E-state index in [1.54, 1.807) is 0 Å². The SMILES string of the molecule is C1CNCCN1.N.O=CO. The van der Waals surface area contributed by atoms with Crippen molar-refractivity contribution in [3.05, 3.63) is 0 Å². The molecule has 0 atom stereocenters. The van der Waals surface area contributed by atoms with E-state index in [0.717, 1.165) is 26.2 Å². The summed E-state index contributed by atoms with van der Waals surface area (Å²) in [7, 11) is 0. The first kappa shape index (κ1) is 12.1. The van der Waals surface area contributed by atoms with Crippen molar-refractivity contribution >= 4 is 6.47 Å². The van der Waals surface area contributed by atoms with Gasteiger partial charge in [0, 0.05) is 26.2 Å². The summed E-state index contributed by atoms with van der Waals surface area (Å²) in [4.78, 5) is 8.36. The second-order valence-electron chi connectivity index (χ2n) is 1.61. The summed E-state index contributed by atoms with van der Waals surface area (Å²) in [6, 6.07) is 0. The Balaban J connectivity index is 0. The Morgan fingerprint density at radius 1 is 1.10 bits per heavy atom. The van der Waals surface area contributed by atoms with Gasteiger partial charge in [-0.25, -0.2) is 0 Å². The van der Waals surface area contributed by atoms with E-state index in [0.29, 0.717) is 0 Å². The Labute approximate surface area is 60.4 Å². The third-order valence-electron chi connectivity index (χ3n) is 0.957. The largest absolute Gasteiger partial charge is 0.483 e. The maximum atomic E-state index is 8.36. The molecule has 1 heterocycles. The van der Waals surface area contributed by atoms with E-state index in [9.17, 15) is 0 Å².